The van der Waals surface area contributed by atoms with Gasteiger partial charge in [-0.1, -0.05) is 63.2 Å². The van der Waals surface area contributed by atoms with E-state index in [4.69, 9.17) is 0 Å². The van der Waals surface area contributed by atoms with Gasteiger partial charge in [0.15, 0.2) is 0 Å². The molecule has 176 valence electrons. The van der Waals surface area contributed by atoms with Crippen LogP contribution in [0.15, 0.2) is 42.5 Å². The molecule has 3 amide bonds. The van der Waals surface area contributed by atoms with E-state index in [1.54, 1.807) is 0 Å². The van der Waals surface area contributed by atoms with Crippen LogP contribution in [0.25, 0.3) is 10.8 Å². The van der Waals surface area contributed by atoms with Crippen molar-refractivity contribution in [1.82, 2.24) is 20.0 Å². The van der Waals surface area contributed by atoms with Gasteiger partial charge in [0.2, 0.25) is 0 Å². The van der Waals surface area contributed by atoms with Gasteiger partial charge in [-0.05, 0) is 46.9 Å². The molecule has 3 fully saturated rings. The normalized spacial score (nSPS) is 28.6. The summed E-state index contributed by atoms with van der Waals surface area (Å²) >= 11 is 0. The Bertz CT molecular complexity index is 1050. The smallest absolute Gasteiger partial charge is 0.323 e. The predicted molar refractivity (Wildman–Crippen MR) is 131 cm³/mol. The third-order valence-corrected chi connectivity index (χ3v) is 7.70. The number of benzene rings is 2. The largest absolute Gasteiger partial charge is 0.326 e. The lowest BCUT2D eigenvalue weighted by Gasteiger charge is -2.44. The van der Waals surface area contributed by atoms with Gasteiger partial charge >= 0.3 is 6.03 Å². The summed E-state index contributed by atoms with van der Waals surface area (Å²) in [6.45, 7) is 11.5. The first-order valence-corrected chi connectivity index (χ1v) is 12.3. The molecule has 2 aromatic carbocycles. The maximum absolute atomic E-state index is 13.4. The Balaban J connectivity index is 1.20. The summed E-state index contributed by atoms with van der Waals surface area (Å²) in [6, 6.07) is 14.8. The fraction of sp³-hybridized carbons (Fsp3) is 0.556. The minimum absolute atomic E-state index is 0.0229. The van der Waals surface area contributed by atoms with Gasteiger partial charge in [-0.2, -0.15) is 0 Å². The SMILES string of the molecule is CC1CC(C)(C)CC2(C1)NC(=O)N(CN1CCN(Cc3cccc4ccccc34)CC1)C2=O. The van der Waals surface area contributed by atoms with Crippen LogP contribution in [0.2, 0.25) is 0 Å². The van der Waals surface area contributed by atoms with Crippen LogP contribution in [0.3, 0.4) is 0 Å². The van der Waals surface area contributed by atoms with Crippen LogP contribution < -0.4 is 5.32 Å². The van der Waals surface area contributed by atoms with Crippen molar-refractivity contribution in [3.8, 4) is 0 Å². The highest BCUT2D eigenvalue weighted by Crippen LogP contribution is 2.46. The van der Waals surface area contributed by atoms with Crippen molar-refractivity contribution in [2.75, 3.05) is 32.8 Å². The molecule has 2 saturated heterocycles. The van der Waals surface area contributed by atoms with Crippen LogP contribution in [0, 0.1) is 11.3 Å². The molecule has 2 atom stereocenters. The molecule has 6 nitrogen and oxygen atoms in total. The van der Waals surface area contributed by atoms with Crippen molar-refractivity contribution in [2.24, 2.45) is 11.3 Å². The van der Waals surface area contributed by atoms with E-state index in [1.807, 2.05) is 0 Å². The molecule has 2 heterocycles. The number of carbonyl (C=O) groups excluding carboxylic acids is 2. The molecule has 0 bridgehead atoms. The molecule has 1 saturated carbocycles. The third-order valence-electron chi connectivity index (χ3n) is 7.70. The van der Waals surface area contributed by atoms with Crippen LogP contribution >= 0.6 is 0 Å². The van der Waals surface area contributed by atoms with Crippen LogP contribution in [0.5, 0.6) is 0 Å². The number of carbonyl (C=O) groups is 2. The van der Waals surface area contributed by atoms with Gasteiger partial charge in [-0.25, -0.2) is 9.69 Å². The van der Waals surface area contributed by atoms with Crippen molar-refractivity contribution < 1.29 is 9.59 Å². The quantitative estimate of drug-likeness (QED) is 0.717. The summed E-state index contributed by atoms with van der Waals surface area (Å²) in [6.07, 6.45) is 2.57. The number of imide groups is 1. The van der Waals surface area contributed by atoms with Crippen molar-refractivity contribution in [2.45, 2.75) is 52.1 Å². The Labute approximate surface area is 196 Å². The molecule has 33 heavy (non-hydrogen) atoms. The number of urea groups is 1. The topological polar surface area (TPSA) is 55.9 Å². The second kappa shape index (κ2) is 8.41. The Morgan fingerprint density at radius 3 is 2.39 bits per heavy atom. The maximum Gasteiger partial charge on any atom is 0.326 e. The van der Waals surface area contributed by atoms with Crippen molar-refractivity contribution in [3.63, 3.8) is 0 Å². The van der Waals surface area contributed by atoms with Gasteiger partial charge in [0.25, 0.3) is 5.91 Å². The van der Waals surface area contributed by atoms with Crippen molar-refractivity contribution >= 4 is 22.7 Å². The monoisotopic (exact) mass is 448 g/mol. The lowest BCUT2D eigenvalue weighted by Crippen LogP contribution is -2.55. The zero-order valence-corrected chi connectivity index (χ0v) is 20.1. The second-order valence-electron chi connectivity index (χ2n) is 11.3. The van der Waals surface area contributed by atoms with E-state index in [9.17, 15) is 9.59 Å². The molecule has 1 N–H and O–H groups in total. The van der Waals surface area contributed by atoms with Crippen LogP contribution in [-0.4, -0.2) is 65.0 Å². The molecule has 2 aromatic rings. The van der Waals surface area contributed by atoms with Crippen LogP contribution in [0.1, 0.15) is 45.6 Å². The number of amides is 3. The van der Waals surface area contributed by atoms with Crippen LogP contribution in [-0.2, 0) is 11.3 Å². The fourth-order valence-electron chi connectivity index (χ4n) is 6.59. The average Bonchev–Trinajstić information content (AvgIpc) is 2.97. The Hall–Kier alpha value is -2.44. The molecule has 2 unspecified atom stereocenters. The lowest BCUT2D eigenvalue weighted by molar-refractivity contribution is -0.136. The summed E-state index contributed by atoms with van der Waals surface area (Å²) in [7, 11) is 0. The first kappa shape index (κ1) is 22.4. The number of rotatable bonds is 4. The highest BCUT2D eigenvalue weighted by atomic mass is 16.2. The highest BCUT2D eigenvalue weighted by molar-refractivity contribution is 6.07. The van der Waals surface area contributed by atoms with E-state index in [0.717, 1.165) is 52.0 Å². The summed E-state index contributed by atoms with van der Waals surface area (Å²) < 4.78 is 0. The Kier molecular flexibility index (Phi) is 5.69. The van der Waals surface area contributed by atoms with Crippen molar-refractivity contribution in [1.29, 1.82) is 0 Å². The lowest BCUT2D eigenvalue weighted by atomic mass is 9.64. The maximum atomic E-state index is 13.4. The minimum atomic E-state index is -0.714. The first-order valence-electron chi connectivity index (χ1n) is 12.3. The zero-order chi connectivity index (χ0) is 23.2. The van der Waals surface area contributed by atoms with E-state index in [1.165, 1.54) is 21.2 Å². The van der Waals surface area contributed by atoms with Gasteiger partial charge in [-0.3, -0.25) is 14.6 Å². The van der Waals surface area contributed by atoms with Gasteiger partial charge in [0.05, 0.1) is 6.67 Å². The molecule has 0 aromatic heterocycles. The van der Waals surface area contributed by atoms with Crippen LogP contribution in [0.4, 0.5) is 4.79 Å². The zero-order valence-electron chi connectivity index (χ0n) is 20.1. The molecule has 2 aliphatic heterocycles. The summed E-state index contributed by atoms with van der Waals surface area (Å²) in [5.74, 6) is 0.404. The predicted octanol–water partition coefficient (Wildman–Crippen LogP) is 4.05. The fourth-order valence-corrected chi connectivity index (χ4v) is 6.59. The molecule has 6 heteroatoms. The summed E-state index contributed by atoms with van der Waals surface area (Å²) in [5.41, 5.74) is 0.699. The van der Waals surface area contributed by atoms with E-state index < -0.39 is 5.54 Å². The first-order chi connectivity index (χ1) is 15.7. The molecule has 1 aliphatic carbocycles. The number of fused-ring (bicyclic) bond motifs is 1. The van der Waals surface area contributed by atoms with Gasteiger partial charge in [0, 0.05) is 32.7 Å². The van der Waals surface area contributed by atoms with E-state index in [-0.39, 0.29) is 17.4 Å². The van der Waals surface area contributed by atoms with Gasteiger partial charge in [-0.15, -0.1) is 0 Å². The second-order valence-corrected chi connectivity index (χ2v) is 11.3. The molecule has 0 radical (unpaired) electrons. The molecule has 1 spiro atoms. The molecule has 3 aliphatic rings. The summed E-state index contributed by atoms with van der Waals surface area (Å²) in [4.78, 5) is 32.5. The molecular formula is C27H36N4O2. The number of piperazine rings is 1. The van der Waals surface area contributed by atoms with E-state index in [0.29, 0.717) is 12.6 Å². The van der Waals surface area contributed by atoms with E-state index >= 15 is 0 Å². The minimum Gasteiger partial charge on any atom is -0.323 e. The number of hydrogen-bond acceptors (Lipinski definition) is 4. The van der Waals surface area contributed by atoms with E-state index in [2.05, 4.69) is 78.4 Å². The number of hydrogen-bond donors (Lipinski definition) is 1. The Morgan fingerprint density at radius 2 is 1.64 bits per heavy atom. The van der Waals surface area contributed by atoms with Gasteiger partial charge in [0.1, 0.15) is 5.54 Å². The van der Waals surface area contributed by atoms with Gasteiger partial charge < -0.3 is 5.32 Å². The summed E-state index contributed by atoms with van der Waals surface area (Å²) in [5, 5.41) is 5.70. The number of nitrogens with zero attached hydrogens (tertiary/aromatic N) is 3. The molecule has 5 rings (SSSR count). The Morgan fingerprint density at radius 1 is 0.939 bits per heavy atom. The molecular weight excluding hydrogens is 412 g/mol. The third kappa shape index (κ3) is 4.38. The standard InChI is InChI=1S/C27H36N4O2/c1-20-15-26(2,3)18-27(16-20)24(32)31(25(33)28-27)19-30-13-11-29(12-14-30)17-22-9-6-8-21-7-4-5-10-23(21)22/h4-10,20H,11-19H2,1-3H3,(H,28,33). The highest BCUT2D eigenvalue weighted by Gasteiger charge is 2.56. The van der Waals surface area contributed by atoms with Crippen molar-refractivity contribution in [3.05, 3.63) is 48.0 Å². The number of nitrogens with one attached hydrogen (secondary N) is 1. The average molecular weight is 449 g/mol.